The summed E-state index contributed by atoms with van der Waals surface area (Å²) in [6, 6.07) is 18.6. The molecule has 0 unspecified atom stereocenters. The Hall–Kier alpha value is -3.93. The maximum atomic E-state index is 12.5. The molecule has 0 aliphatic rings. The predicted octanol–water partition coefficient (Wildman–Crippen LogP) is 5.79. The minimum absolute atomic E-state index is 0.0181. The number of thioether (sulfide) groups is 1. The van der Waals surface area contributed by atoms with E-state index in [2.05, 4.69) is 20.7 Å². The lowest BCUT2D eigenvalue weighted by molar-refractivity contribution is -0.384. The zero-order valence-corrected chi connectivity index (χ0v) is 22.2. The summed E-state index contributed by atoms with van der Waals surface area (Å²) in [4.78, 5) is 22.9. The Morgan fingerprint density at radius 3 is 2.55 bits per heavy atom. The van der Waals surface area contributed by atoms with Crippen LogP contribution in [0.1, 0.15) is 12.5 Å². The first kappa shape index (κ1) is 27.1. The third-order valence-electron chi connectivity index (χ3n) is 5.06. The van der Waals surface area contributed by atoms with Crippen LogP contribution in [0.3, 0.4) is 0 Å². The van der Waals surface area contributed by atoms with Crippen molar-refractivity contribution in [1.82, 2.24) is 20.2 Å². The molecule has 3 aromatic carbocycles. The Kier molecular flexibility index (Phi) is 8.95. The number of aromatic nitrogens is 3. The van der Waals surface area contributed by atoms with Gasteiger partial charge in [0.15, 0.2) is 11.0 Å². The minimum Gasteiger partial charge on any atom is -0.494 e. The Morgan fingerprint density at radius 2 is 1.87 bits per heavy atom. The Labute approximate surface area is 231 Å². The predicted molar refractivity (Wildman–Crippen MR) is 148 cm³/mol. The van der Waals surface area contributed by atoms with Gasteiger partial charge in [0.25, 0.3) is 11.6 Å². The summed E-state index contributed by atoms with van der Waals surface area (Å²) in [6.45, 7) is 2.46. The smallest absolute Gasteiger partial charge is 0.270 e. The largest absolute Gasteiger partial charge is 0.494 e. The van der Waals surface area contributed by atoms with Gasteiger partial charge in [0, 0.05) is 39.0 Å². The fraction of sp³-hybridized carbons (Fsp3) is 0.120. The number of carbonyl (C=O) groups is 1. The summed E-state index contributed by atoms with van der Waals surface area (Å²) in [5.41, 5.74) is 4.14. The number of hydrogen-bond donors (Lipinski definition) is 1. The lowest BCUT2D eigenvalue weighted by Gasteiger charge is -2.11. The van der Waals surface area contributed by atoms with Gasteiger partial charge < -0.3 is 4.74 Å². The summed E-state index contributed by atoms with van der Waals surface area (Å²) in [7, 11) is 0. The molecular weight excluding hydrogens is 551 g/mol. The number of nitrogens with one attached hydrogen (secondary N) is 1. The standard InChI is InChI=1S/C25H20Cl2N6O4S/c1-2-37-21-10-7-19(8-11-21)32-24(16-3-5-18(26)6-4-16)30-31-25(32)38-15-23(34)29-28-14-17-13-20(33(35)36)9-12-22(17)27/h3-14H,2,15H2,1H3,(H,29,34)/b28-14+. The number of nitrogens with zero attached hydrogens (tertiary/aromatic N) is 5. The number of benzene rings is 3. The summed E-state index contributed by atoms with van der Waals surface area (Å²) in [5.74, 6) is 0.873. The number of nitro groups is 1. The SMILES string of the molecule is CCOc1ccc(-n2c(SCC(=O)N/N=C/c3cc([N+](=O)[O-])ccc3Cl)nnc2-c2ccc(Cl)cc2)cc1. The normalized spacial score (nSPS) is 11.0. The van der Waals surface area contributed by atoms with Gasteiger partial charge in [-0.05, 0) is 61.5 Å². The maximum Gasteiger partial charge on any atom is 0.270 e. The van der Waals surface area contributed by atoms with Gasteiger partial charge in [0.2, 0.25) is 0 Å². The summed E-state index contributed by atoms with van der Waals surface area (Å²) < 4.78 is 7.38. The van der Waals surface area contributed by atoms with Gasteiger partial charge >= 0.3 is 0 Å². The van der Waals surface area contributed by atoms with Crippen molar-refractivity contribution in [3.05, 3.63) is 92.5 Å². The first-order valence-electron chi connectivity index (χ1n) is 11.2. The van der Waals surface area contributed by atoms with E-state index in [9.17, 15) is 14.9 Å². The fourth-order valence-corrected chi connectivity index (χ4v) is 4.36. The first-order valence-corrected chi connectivity index (χ1v) is 12.9. The molecule has 0 fully saturated rings. The van der Waals surface area contributed by atoms with E-state index >= 15 is 0 Å². The van der Waals surface area contributed by atoms with E-state index < -0.39 is 10.8 Å². The van der Waals surface area contributed by atoms with Crippen LogP contribution in [0.25, 0.3) is 17.1 Å². The van der Waals surface area contributed by atoms with E-state index in [1.165, 1.54) is 36.2 Å². The highest BCUT2D eigenvalue weighted by molar-refractivity contribution is 7.99. The van der Waals surface area contributed by atoms with E-state index in [0.29, 0.717) is 28.2 Å². The molecule has 1 amide bonds. The van der Waals surface area contributed by atoms with Crippen LogP contribution in [0.15, 0.2) is 77.0 Å². The molecule has 4 rings (SSSR count). The van der Waals surface area contributed by atoms with E-state index in [4.69, 9.17) is 27.9 Å². The molecule has 0 atom stereocenters. The van der Waals surface area contributed by atoms with Gasteiger partial charge in [-0.1, -0.05) is 35.0 Å². The van der Waals surface area contributed by atoms with Crippen LogP contribution in [0.2, 0.25) is 10.0 Å². The van der Waals surface area contributed by atoms with E-state index in [0.717, 1.165) is 17.0 Å². The van der Waals surface area contributed by atoms with Crippen LogP contribution in [-0.4, -0.2) is 44.2 Å². The Morgan fingerprint density at radius 1 is 1.13 bits per heavy atom. The monoisotopic (exact) mass is 570 g/mol. The average Bonchev–Trinajstić information content (AvgIpc) is 3.33. The van der Waals surface area contributed by atoms with Gasteiger partial charge in [0.05, 0.1) is 23.5 Å². The number of rotatable bonds is 10. The quantitative estimate of drug-likeness (QED) is 0.111. The van der Waals surface area contributed by atoms with Crippen LogP contribution < -0.4 is 10.2 Å². The minimum atomic E-state index is -0.540. The van der Waals surface area contributed by atoms with Gasteiger partial charge in [-0.2, -0.15) is 5.10 Å². The van der Waals surface area contributed by atoms with Gasteiger partial charge in [-0.25, -0.2) is 5.43 Å². The molecule has 13 heteroatoms. The molecule has 0 saturated carbocycles. The Bertz CT molecular complexity index is 1480. The van der Waals surface area contributed by atoms with Crippen LogP contribution in [-0.2, 0) is 4.79 Å². The van der Waals surface area contributed by atoms with E-state index in [-0.39, 0.29) is 16.5 Å². The van der Waals surface area contributed by atoms with Crippen molar-refractivity contribution < 1.29 is 14.5 Å². The molecule has 0 spiro atoms. The Balaban J connectivity index is 1.51. The van der Waals surface area contributed by atoms with Gasteiger partial charge in [0.1, 0.15) is 5.75 Å². The highest BCUT2D eigenvalue weighted by atomic mass is 35.5. The van der Waals surface area contributed by atoms with E-state index in [1.807, 2.05) is 47.9 Å². The highest BCUT2D eigenvalue weighted by Crippen LogP contribution is 2.29. The van der Waals surface area contributed by atoms with Crippen molar-refractivity contribution in [3.8, 4) is 22.8 Å². The fourth-order valence-electron chi connectivity index (χ4n) is 3.32. The van der Waals surface area contributed by atoms with E-state index in [1.54, 1.807) is 12.1 Å². The van der Waals surface area contributed by atoms with Crippen molar-refractivity contribution in [3.63, 3.8) is 0 Å². The van der Waals surface area contributed by atoms with Crippen LogP contribution >= 0.6 is 35.0 Å². The maximum absolute atomic E-state index is 12.5. The lowest BCUT2D eigenvalue weighted by atomic mass is 10.2. The zero-order valence-electron chi connectivity index (χ0n) is 19.9. The number of nitro benzene ring substituents is 1. The van der Waals surface area contributed by atoms with Crippen molar-refractivity contribution in [2.24, 2.45) is 5.10 Å². The third-order valence-corrected chi connectivity index (χ3v) is 6.58. The summed E-state index contributed by atoms with van der Waals surface area (Å²) in [5, 5.41) is 24.8. The van der Waals surface area contributed by atoms with Crippen molar-refractivity contribution in [1.29, 1.82) is 0 Å². The number of hydrazone groups is 1. The second-order valence-corrected chi connectivity index (χ2v) is 9.41. The van der Waals surface area contributed by atoms with Crippen LogP contribution in [0.5, 0.6) is 5.75 Å². The van der Waals surface area contributed by atoms with Crippen LogP contribution in [0.4, 0.5) is 5.69 Å². The molecule has 194 valence electrons. The zero-order chi connectivity index (χ0) is 27.1. The van der Waals surface area contributed by atoms with Gasteiger partial charge in [-0.3, -0.25) is 19.5 Å². The first-order chi connectivity index (χ1) is 18.4. The number of carbonyl (C=O) groups excluding carboxylic acids is 1. The topological polar surface area (TPSA) is 125 Å². The molecule has 38 heavy (non-hydrogen) atoms. The number of halogens is 2. The number of non-ortho nitro benzene ring substituents is 1. The molecule has 0 saturated heterocycles. The molecule has 0 radical (unpaired) electrons. The van der Waals surface area contributed by atoms with Crippen molar-refractivity contribution in [2.45, 2.75) is 12.1 Å². The van der Waals surface area contributed by atoms with Crippen molar-refractivity contribution >= 4 is 52.8 Å². The average molecular weight is 571 g/mol. The van der Waals surface area contributed by atoms with Crippen LogP contribution in [0, 0.1) is 10.1 Å². The second kappa shape index (κ2) is 12.5. The molecule has 1 N–H and O–H groups in total. The molecule has 0 aliphatic heterocycles. The molecular formula is C25H20Cl2N6O4S. The number of ether oxygens (including phenoxy) is 1. The molecule has 0 bridgehead atoms. The summed E-state index contributed by atoms with van der Waals surface area (Å²) >= 11 is 13.3. The number of hydrogen-bond acceptors (Lipinski definition) is 8. The number of amides is 1. The lowest BCUT2D eigenvalue weighted by Crippen LogP contribution is -2.20. The second-order valence-electron chi connectivity index (χ2n) is 7.62. The molecule has 10 nitrogen and oxygen atoms in total. The van der Waals surface area contributed by atoms with Crippen molar-refractivity contribution in [2.75, 3.05) is 12.4 Å². The molecule has 0 aliphatic carbocycles. The molecule has 1 heterocycles. The molecule has 1 aromatic heterocycles. The third kappa shape index (κ3) is 6.68. The molecule has 4 aromatic rings. The van der Waals surface area contributed by atoms with Gasteiger partial charge in [-0.15, -0.1) is 10.2 Å². The summed E-state index contributed by atoms with van der Waals surface area (Å²) in [6.07, 6.45) is 1.25. The highest BCUT2D eigenvalue weighted by Gasteiger charge is 2.18.